The molecule has 10 atom stereocenters. The van der Waals surface area contributed by atoms with E-state index in [0.29, 0.717) is 30.6 Å². The number of fused-ring (bicyclic) bond motifs is 3. The standard InChI is InChI=1S/C27H44O5/c1-16(2)6-5-7-17(3)19-8-9-20-21-12-22(30)26(31)13-18(29)10-11-25(26,15-28)27(21)23(32-27)14-24(19,20)4/h12,16-20,22-23,28-31H,5-11,13-15H2,1-4H3/t17-,18+,19-,20+,22-,23-,24-,25-,26+,27+/m1/s1. The molecule has 182 valence electrons. The second kappa shape index (κ2) is 7.52. The molecule has 1 heterocycles. The lowest BCUT2D eigenvalue weighted by atomic mass is 9.44. The Morgan fingerprint density at radius 1 is 1.09 bits per heavy atom. The van der Waals surface area contributed by atoms with Crippen LogP contribution in [0.5, 0.6) is 0 Å². The number of epoxide rings is 1. The maximum Gasteiger partial charge on any atom is 0.127 e. The largest absolute Gasteiger partial charge is 0.396 e. The third-order valence-electron chi connectivity index (χ3n) is 10.8. The molecule has 0 unspecified atom stereocenters. The molecule has 0 amide bonds. The van der Waals surface area contributed by atoms with Gasteiger partial charge in [0.2, 0.25) is 0 Å². The number of hydrogen-bond donors (Lipinski definition) is 4. The van der Waals surface area contributed by atoms with Crippen molar-refractivity contribution in [2.45, 2.75) is 115 Å². The van der Waals surface area contributed by atoms with Crippen LogP contribution < -0.4 is 0 Å². The van der Waals surface area contributed by atoms with Gasteiger partial charge >= 0.3 is 0 Å². The Labute approximate surface area is 193 Å². The van der Waals surface area contributed by atoms with Gasteiger partial charge in [-0.05, 0) is 66.8 Å². The van der Waals surface area contributed by atoms with Gasteiger partial charge in [-0.1, -0.05) is 53.0 Å². The van der Waals surface area contributed by atoms with Gasteiger partial charge in [0.1, 0.15) is 17.3 Å². The van der Waals surface area contributed by atoms with Crippen molar-refractivity contribution in [3.8, 4) is 0 Å². The van der Waals surface area contributed by atoms with Crippen molar-refractivity contribution in [2.24, 2.45) is 34.5 Å². The predicted octanol–water partition coefficient (Wildman–Crippen LogP) is 3.58. The molecule has 32 heavy (non-hydrogen) atoms. The molecule has 3 saturated carbocycles. The van der Waals surface area contributed by atoms with E-state index >= 15 is 0 Å². The maximum absolute atomic E-state index is 11.7. The highest BCUT2D eigenvalue weighted by Crippen LogP contribution is 2.76. The average Bonchev–Trinajstić information content (AvgIpc) is 3.32. The summed E-state index contributed by atoms with van der Waals surface area (Å²) in [6.07, 6.45) is 8.30. The van der Waals surface area contributed by atoms with Crippen molar-refractivity contribution < 1.29 is 25.2 Å². The summed E-state index contributed by atoms with van der Waals surface area (Å²) in [6.45, 7) is 9.23. The molecule has 0 radical (unpaired) electrons. The Balaban J connectivity index is 1.47. The molecule has 4 fully saturated rings. The second-order valence-electron chi connectivity index (χ2n) is 12.7. The molecule has 0 aromatic heterocycles. The zero-order valence-electron chi connectivity index (χ0n) is 20.4. The quantitative estimate of drug-likeness (QED) is 0.368. The molecule has 0 aromatic carbocycles. The van der Waals surface area contributed by atoms with E-state index in [0.717, 1.165) is 24.3 Å². The average molecular weight is 449 g/mol. The molecule has 0 bridgehead atoms. The first-order chi connectivity index (χ1) is 15.1. The summed E-state index contributed by atoms with van der Waals surface area (Å²) >= 11 is 0. The van der Waals surface area contributed by atoms with Gasteiger partial charge in [0.25, 0.3) is 0 Å². The fourth-order valence-electron chi connectivity index (χ4n) is 9.12. The fourth-order valence-corrected chi connectivity index (χ4v) is 9.12. The summed E-state index contributed by atoms with van der Waals surface area (Å²) in [5.74, 6) is 2.38. The molecule has 0 aromatic rings. The number of rotatable bonds is 6. The van der Waals surface area contributed by atoms with Crippen LogP contribution in [0.2, 0.25) is 0 Å². The lowest BCUT2D eigenvalue weighted by Crippen LogP contribution is -2.72. The zero-order chi connectivity index (χ0) is 23.1. The highest BCUT2D eigenvalue weighted by atomic mass is 16.6. The first kappa shape index (κ1) is 23.3. The molecule has 1 saturated heterocycles. The number of hydrogen-bond acceptors (Lipinski definition) is 5. The highest BCUT2D eigenvalue weighted by Gasteiger charge is 2.83. The molecule has 5 heteroatoms. The minimum Gasteiger partial charge on any atom is -0.396 e. The molecular weight excluding hydrogens is 404 g/mol. The summed E-state index contributed by atoms with van der Waals surface area (Å²) in [6, 6.07) is 0. The van der Waals surface area contributed by atoms with Crippen LogP contribution >= 0.6 is 0 Å². The highest BCUT2D eigenvalue weighted by molar-refractivity contribution is 5.47. The minimum absolute atomic E-state index is 0.0140. The van der Waals surface area contributed by atoms with Crippen molar-refractivity contribution in [2.75, 3.05) is 6.61 Å². The van der Waals surface area contributed by atoms with Gasteiger partial charge in [-0.3, -0.25) is 0 Å². The Hall–Kier alpha value is -0.460. The van der Waals surface area contributed by atoms with Crippen LogP contribution in [0.1, 0.15) is 85.5 Å². The van der Waals surface area contributed by atoms with Crippen LogP contribution in [0.4, 0.5) is 0 Å². The monoisotopic (exact) mass is 448 g/mol. The maximum atomic E-state index is 11.7. The van der Waals surface area contributed by atoms with Gasteiger partial charge in [-0.15, -0.1) is 0 Å². The van der Waals surface area contributed by atoms with E-state index in [9.17, 15) is 20.4 Å². The fraction of sp³-hybridized carbons (Fsp3) is 0.926. The second-order valence-corrected chi connectivity index (χ2v) is 12.7. The van der Waals surface area contributed by atoms with Crippen molar-refractivity contribution in [1.29, 1.82) is 0 Å². The Morgan fingerprint density at radius 2 is 1.84 bits per heavy atom. The predicted molar refractivity (Wildman–Crippen MR) is 123 cm³/mol. The van der Waals surface area contributed by atoms with E-state index in [4.69, 9.17) is 4.74 Å². The van der Waals surface area contributed by atoms with E-state index in [2.05, 4.69) is 27.7 Å². The van der Waals surface area contributed by atoms with Crippen LogP contribution in [0.3, 0.4) is 0 Å². The summed E-state index contributed by atoms with van der Waals surface area (Å²) in [5, 5.41) is 43.9. The Morgan fingerprint density at radius 3 is 2.53 bits per heavy atom. The van der Waals surface area contributed by atoms with Gasteiger partial charge in [-0.25, -0.2) is 0 Å². The lowest BCUT2D eigenvalue weighted by molar-refractivity contribution is -0.230. The summed E-state index contributed by atoms with van der Waals surface area (Å²) in [4.78, 5) is 0. The molecule has 1 spiro atoms. The minimum atomic E-state index is -1.55. The van der Waals surface area contributed by atoms with E-state index in [1.54, 1.807) is 0 Å². The number of aliphatic hydroxyl groups is 4. The number of ether oxygens (including phenoxy) is 1. The molecule has 5 rings (SSSR count). The van der Waals surface area contributed by atoms with Gasteiger partial charge < -0.3 is 25.2 Å². The van der Waals surface area contributed by atoms with Crippen LogP contribution in [0.25, 0.3) is 0 Å². The topological polar surface area (TPSA) is 93.5 Å². The summed E-state index contributed by atoms with van der Waals surface area (Å²) in [7, 11) is 0. The van der Waals surface area contributed by atoms with E-state index in [1.807, 2.05) is 6.08 Å². The third kappa shape index (κ3) is 2.81. The zero-order valence-corrected chi connectivity index (χ0v) is 20.4. The lowest BCUT2D eigenvalue weighted by Gasteiger charge is -2.61. The Bertz CT molecular complexity index is 780. The van der Waals surface area contributed by atoms with Crippen molar-refractivity contribution in [3.05, 3.63) is 11.6 Å². The summed E-state index contributed by atoms with van der Waals surface area (Å²) in [5.41, 5.74) is -1.87. The smallest absolute Gasteiger partial charge is 0.127 e. The summed E-state index contributed by atoms with van der Waals surface area (Å²) < 4.78 is 6.54. The normalized spacial score (nSPS) is 52.5. The van der Waals surface area contributed by atoms with Crippen molar-refractivity contribution in [1.82, 2.24) is 0 Å². The van der Waals surface area contributed by atoms with Crippen LogP contribution in [-0.2, 0) is 4.74 Å². The molecule has 5 nitrogen and oxygen atoms in total. The third-order valence-corrected chi connectivity index (χ3v) is 10.8. The first-order valence-corrected chi connectivity index (χ1v) is 13.1. The molecular formula is C27H44O5. The van der Waals surface area contributed by atoms with E-state index in [-0.39, 0.29) is 24.5 Å². The van der Waals surface area contributed by atoms with Gasteiger partial charge in [0, 0.05) is 6.42 Å². The van der Waals surface area contributed by atoms with E-state index in [1.165, 1.54) is 25.7 Å². The van der Waals surface area contributed by atoms with Gasteiger partial charge in [0.15, 0.2) is 0 Å². The SMILES string of the molecule is CC(C)CCC[C@@H](C)[C@H]1CC[C@H]2C3=C[C@@H](O)[C@@]4(O)C[C@@H](O)CC[C@]4(CO)[C@]34O[C@@H]4C[C@]12C. The Kier molecular flexibility index (Phi) is 5.47. The molecule has 4 aliphatic carbocycles. The van der Waals surface area contributed by atoms with Crippen molar-refractivity contribution in [3.63, 3.8) is 0 Å². The van der Waals surface area contributed by atoms with Crippen LogP contribution in [-0.4, -0.2) is 56.5 Å². The number of aliphatic hydroxyl groups excluding tert-OH is 3. The molecule has 4 N–H and O–H groups in total. The first-order valence-electron chi connectivity index (χ1n) is 13.1. The van der Waals surface area contributed by atoms with Crippen molar-refractivity contribution >= 4 is 0 Å². The van der Waals surface area contributed by atoms with Crippen LogP contribution in [0, 0.1) is 34.5 Å². The molecule has 1 aliphatic heterocycles. The van der Waals surface area contributed by atoms with E-state index < -0.39 is 28.8 Å². The van der Waals surface area contributed by atoms with Crippen LogP contribution in [0.15, 0.2) is 11.6 Å². The van der Waals surface area contributed by atoms with Gasteiger partial charge in [0.05, 0.1) is 24.2 Å². The van der Waals surface area contributed by atoms with Gasteiger partial charge in [-0.2, -0.15) is 0 Å². The molecule has 5 aliphatic rings.